The molecular formula is C14H19NO4. The lowest BCUT2D eigenvalue weighted by Gasteiger charge is -2.22. The Labute approximate surface area is 112 Å². The molecule has 0 bridgehead atoms. The molecule has 104 valence electrons. The summed E-state index contributed by atoms with van der Waals surface area (Å²) in [6, 6.07) is 6.08. The molecule has 0 saturated carbocycles. The molecule has 0 unspecified atom stereocenters. The molecule has 0 aliphatic heterocycles. The maximum absolute atomic E-state index is 12.0. The number of amides is 1. The van der Waals surface area contributed by atoms with Crippen LogP contribution in [0.15, 0.2) is 24.3 Å². The number of aliphatic hydroxyl groups excluding tert-OH is 1. The number of hydrogen-bond donors (Lipinski definition) is 2. The zero-order valence-corrected chi connectivity index (χ0v) is 11.0. The highest BCUT2D eigenvalue weighted by Crippen LogP contribution is 2.17. The topological polar surface area (TPSA) is 77.8 Å². The van der Waals surface area contributed by atoms with Crippen molar-refractivity contribution in [2.24, 2.45) is 0 Å². The zero-order valence-electron chi connectivity index (χ0n) is 11.0. The van der Waals surface area contributed by atoms with Crippen LogP contribution in [0.2, 0.25) is 0 Å². The molecule has 0 fully saturated rings. The number of anilines is 1. The van der Waals surface area contributed by atoms with Crippen molar-refractivity contribution in [3.63, 3.8) is 0 Å². The smallest absolute Gasteiger partial charge is 0.335 e. The predicted octanol–water partition coefficient (Wildman–Crippen LogP) is 1.90. The van der Waals surface area contributed by atoms with E-state index < -0.39 is 5.97 Å². The van der Waals surface area contributed by atoms with E-state index in [-0.39, 0.29) is 24.6 Å². The summed E-state index contributed by atoms with van der Waals surface area (Å²) in [7, 11) is 0. The lowest BCUT2D eigenvalue weighted by molar-refractivity contribution is -0.118. The molecular weight excluding hydrogens is 246 g/mol. The quantitative estimate of drug-likeness (QED) is 0.789. The van der Waals surface area contributed by atoms with Gasteiger partial charge in [0.1, 0.15) is 0 Å². The second-order valence-electron chi connectivity index (χ2n) is 4.22. The minimum absolute atomic E-state index is 0.0565. The summed E-state index contributed by atoms with van der Waals surface area (Å²) in [6.07, 6.45) is 2.15. The van der Waals surface area contributed by atoms with E-state index in [0.717, 1.165) is 12.8 Å². The minimum atomic E-state index is -1.00. The summed E-state index contributed by atoms with van der Waals surface area (Å²) in [4.78, 5) is 24.3. The zero-order chi connectivity index (χ0) is 14.3. The van der Waals surface area contributed by atoms with Crippen LogP contribution in [0.4, 0.5) is 5.69 Å². The Bertz CT molecular complexity index is 428. The Kier molecular flexibility index (Phi) is 6.02. The lowest BCUT2D eigenvalue weighted by Crippen LogP contribution is -2.33. The fraction of sp³-hybridized carbons (Fsp3) is 0.429. The maximum Gasteiger partial charge on any atom is 0.335 e. The largest absolute Gasteiger partial charge is 0.478 e. The highest BCUT2D eigenvalue weighted by Gasteiger charge is 2.15. The van der Waals surface area contributed by atoms with Crippen molar-refractivity contribution in [1.82, 2.24) is 0 Å². The number of nitrogens with zero attached hydrogens (tertiary/aromatic N) is 1. The first kappa shape index (κ1) is 15.2. The van der Waals surface area contributed by atoms with Crippen LogP contribution in [0.5, 0.6) is 0 Å². The van der Waals surface area contributed by atoms with Gasteiger partial charge in [-0.05, 0) is 30.7 Å². The van der Waals surface area contributed by atoms with Crippen LogP contribution in [0.3, 0.4) is 0 Å². The fourth-order valence-electron chi connectivity index (χ4n) is 1.74. The van der Waals surface area contributed by atoms with Crippen LogP contribution in [0, 0.1) is 0 Å². The number of carbonyl (C=O) groups is 2. The van der Waals surface area contributed by atoms with Crippen molar-refractivity contribution in [3.05, 3.63) is 29.8 Å². The van der Waals surface area contributed by atoms with Gasteiger partial charge in [0, 0.05) is 18.7 Å². The molecule has 1 amide bonds. The molecule has 1 aromatic carbocycles. The number of hydrogen-bond acceptors (Lipinski definition) is 3. The van der Waals surface area contributed by atoms with Gasteiger partial charge in [-0.2, -0.15) is 0 Å². The van der Waals surface area contributed by atoms with Gasteiger partial charge in [0.2, 0.25) is 5.91 Å². The Morgan fingerprint density at radius 1 is 1.21 bits per heavy atom. The van der Waals surface area contributed by atoms with Gasteiger partial charge >= 0.3 is 5.97 Å². The molecule has 2 N–H and O–H groups in total. The first-order chi connectivity index (χ1) is 9.10. The Morgan fingerprint density at radius 3 is 2.32 bits per heavy atom. The number of carboxylic acids is 1. The van der Waals surface area contributed by atoms with Gasteiger partial charge in [0.25, 0.3) is 0 Å². The number of aromatic carboxylic acids is 1. The van der Waals surface area contributed by atoms with E-state index in [1.54, 1.807) is 12.1 Å². The van der Waals surface area contributed by atoms with Gasteiger partial charge < -0.3 is 15.1 Å². The first-order valence-corrected chi connectivity index (χ1v) is 6.34. The monoisotopic (exact) mass is 265 g/mol. The molecule has 0 aliphatic carbocycles. The summed E-state index contributed by atoms with van der Waals surface area (Å²) in [5, 5.41) is 17.8. The third-order valence-electron chi connectivity index (χ3n) is 2.79. The Hall–Kier alpha value is -1.88. The number of rotatable bonds is 7. The van der Waals surface area contributed by atoms with Crippen molar-refractivity contribution >= 4 is 17.6 Å². The van der Waals surface area contributed by atoms with Crippen LogP contribution < -0.4 is 4.90 Å². The normalized spacial score (nSPS) is 10.2. The van der Waals surface area contributed by atoms with Gasteiger partial charge in [-0.1, -0.05) is 13.3 Å². The van der Waals surface area contributed by atoms with Crippen LogP contribution >= 0.6 is 0 Å². The van der Waals surface area contributed by atoms with Crippen molar-refractivity contribution in [2.75, 3.05) is 18.1 Å². The summed E-state index contributed by atoms with van der Waals surface area (Å²) >= 11 is 0. The standard InChI is InChI=1S/C14H19NO4/c1-2-3-4-13(17)15(9-10-16)12-7-5-11(6-8-12)14(18)19/h5-8,16H,2-4,9-10H2,1H3,(H,18,19). The molecule has 0 aliphatic rings. The maximum atomic E-state index is 12.0. The lowest BCUT2D eigenvalue weighted by atomic mass is 10.1. The molecule has 1 aromatic rings. The fourth-order valence-corrected chi connectivity index (χ4v) is 1.74. The number of carboxylic acid groups (broad SMARTS) is 1. The average Bonchev–Trinajstić information content (AvgIpc) is 2.42. The summed E-state index contributed by atoms with van der Waals surface area (Å²) in [5.74, 6) is -1.06. The van der Waals surface area contributed by atoms with E-state index in [1.807, 2.05) is 6.92 Å². The van der Waals surface area contributed by atoms with E-state index in [2.05, 4.69) is 0 Å². The molecule has 0 heterocycles. The molecule has 5 heteroatoms. The second-order valence-corrected chi connectivity index (χ2v) is 4.22. The van der Waals surface area contributed by atoms with Crippen molar-refractivity contribution < 1.29 is 19.8 Å². The average molecular weight is 265 g/mol. The van der Waals surface area contributed by atoms with Crippen LogP contribution in [0.1, 0.15) is 36.5 Å². The SMILES string of the molecule is CCCCC(=O)N(CCO)c1ccc(C(=O)O)cc1. The van der Waals surface area contributed by atoms with Gasteiger partial charge in [-0.25, -0.2) is 4.79 Å². The molecule has 0 atom stereocenters. The molecule has 0 spiro atoms. The second kappa shape index (κ2) is 7.53. The number of aliphatic hydroxyl groups is 1. The first-order valence-electron chi connectivity index (χ1n) is 6.34. The van der Waals surface area contributed by atoms with E-state index in [0.29, 0.717) is 12.1 Å². The van der Waals surface area contributed by atoms with Gasteiger partial charge in [0.15, 0.2) is 0 Å². The van der Waals surface area contributed by atoms with Gasteiger partial charge in [-0.3, -0.25) is 4.79 Å². The van der Waals surface area contributed by atoms with Crippen molar-refractivity contribution in [3.8, 4) is 0 Å². The molecule has 19 heavy (non-hydrogen) atoms. The Balaban J connectivity index is 2.85. The van der Waals surface area contributed by atoms with Crippen LogP contribution in [0.25, 0.3) is 0 Å². The van der Waals surface area contributed by atoms with E-state index >= 15 is 0 Å². The third-order valence-corrected chi connectivity index (χ3v) is 2.79. The van der Waals surface area contributed by atoms with E-state index in [4.69, 9.17) is 10.2 Å². The molecule has 0 radical (unpaired) electrons. The van der Waals surface area contributed by atoms with Gasteiger partial charge in [-0.15, -0.1) is 0 Å². The van der Waals surface area contributed by atoms with E-state index in [1.165, 1.54) is 17.0 Å². The number of unbranched alkanes of at least 4 members (excludes halogenated alkanes) is 1. The summed E-state index contributed by atoms with van der Waals surface area (Å²) in [6.45, 7) is 2.10. The highest BCUT2D eigenvalue weighted by molar-refractivity contribution is 5.94. The predicted molar refractivity (Wildman–Crippen MR) is 72.4 cm³/mol. The number of carbonyl (C=O) groups excluding carboxylic acids is 1. The van der Waals surface area contributed by atoms with Crippen molar-refractivity contribution in [2.45, 2.75) is 26.2 Å². The molecule has 0 aromatic heterocycles. The van der Waals surface area contributed by atoms with Crippen molar-refractivity contribution in [1.29, 1.82) is 0 Å². The van der Waals surface area contributed by atoms with Crippen LogP contribution in [-0.2, 0) is 4.79 Å². The molecule has 1 rings (SSSR count). The van der Waals surface area contributed by atoms with E-state index in [9.17, 15) is 9.59 Å². The third kappa shape index (κ3) is 4.37. The Morgan fingerprint density at radius 2 is 1.84 bits per heavy atom. The minimum Gasteiger partial charge on any atom is -0.478 e. The summed E-state index contributed by atoms with van der Waals surface area (Å²) < 4.78 is 0. The number of benzene rings is 1. The van der Waals surface area contributed by atoms with Crippen LogP contribution in [-0.4, -0.2) is 35.2 Å². The summed E-state index contributed by atoms with van der Waals surface area (Å²) in [5.41, 5.74) is 0.786. The molecule has 5 nitrogen and oxygen atoms in total. The highest BCUT2D eigenvalue weighted by atomic mass is 16.4. The molecule has 0 saturated heterocycles. The van der Waals surface area contributed by atoms with Gasteiger partial charge in [0.05, 0.1) is 12.2 Å².